The van der Waals surface area contributed by atoms with Gasteiger partial charge in [-0.1, -0.05) is 0 Å². The molecule has 0 aliphatic rings. The molecule has 1 rings (SSSR count). The van der Waals surface area contributed by atoms with Crippen LogP contribution in [0.3, 0.4) is 0 Å². The molecule has 0 aliphatic heterocycles. The summed E-state index contributed by atoms with van der Waals surface area (Å²) in [6, 6.07) is 0.420. The second-order valence-corrected chi connectivity index (χ2v) is 9.11. The molecular formula is C10H14BrNO4S3. The van der Waals surface area contributed by atoms with Crippen LogP contribution in [0.5, 0.6) is 0 Å². The fraction of sp³-hybridized carbons (Fsp3) is 0.500. The summed E-state index contributed by atoms with van der Waals surface area (Å²) < 4.78 is 27.2. The van der Waals surface area contributed by atoms with Crippen molar-refractivity contribution in [1.29, 1.82) is 0 Å². The van der Waals surface area contributed by atoms with E-state index in [0.717, 1.165) is 20.7 Å². The highest BCUT2D eigenvalue weighted by Crippen LogP contribution is 2.30. The largest absolute Gasteiger partial charge is 0.480 e. The molecule has 0 saturated carbocycles. The summed E-state index contributed by atoms with van der Waals surface area (Å²) in [7, 11) is -3.79. The van der Waals surface area contributed by atoms with Crippen LogP contribution in [-0.4, -0.2) is 37.5 Å². The van der Waals surface area contributed by atoms with E-state index in [2.05, 4.69) is 20.7 Å². The molecule has 0 bridgehead atoms. The number of aliphatic carboxylic acids is 1. The first-order valence-corrected chi connectivity index (χ1v) is 9.76. The Morgan fingerprint density at radius 3 is 2.68 bits per heavy atom. The third-order valence-electron chi connectivity index (χ3n) is 2.31. The van der Waals surface area contributed by atoms with Crippen molar-refractivity contribution in [2.24, 2.45) is 0 Å². The second-order valence-electron chi connectivity index (χ2n) is 3.82. The van der Waals surface area contributed by atoms with Crippen molar-refractivity contribution in [1.82, 2.24) is 4.72 Å². The van der Waals surface area contributed by atoms with Crippen LogP contribution in [0.25, 0.3) is 0 Å². The molecule has 0 aromatic carbocycles. The van der Waals surface area contributed by atoms with Crippen molar-refractivity contribution < 1.29 is 18.3 Å². The molecular weight excluding hydrogens is 374 g/mol. The first kappa shape index (κ1) is 17.0. The zero-order valence-electron chi connectivity index (χ0n) is 10.3. The van der Waals surface area contributed by atoms with Crippen molar-refractivity contribution in [3.05, 3.63) is 15.4 Å². The SMILES string of the molecule is CSCC[C@H](NS(=O)(=O)c1cc(C)c(Br)s1)C(=O)O. The molecule has 2 N–H and O–H groups in total. The maximum atomic E-state index is 12.1. The normalized spacial score (nSPS) is 13.4. The average Bonchev–Trinajstić information content (AvgIpc) is 2.65. The summed E-state index contributed by atoms with van der Waals surface area (Å²) in [5.74, 6) is -0.586. The minimum atomic E-state index is -3.79. The van der Waals surface area contributed by atoms with Gasteiger partial charge in [-0.2, -0.15) is 16.5 Å². The minimum absolute atomic E-state index is 0.118. The summed E-state index contributed by atoms with van der Waals surface area (Å²) in [4.78, 5) is 11.0. The number of hydrogen-bond donors (Lipinski definition) is 2. The highest BCUT2D eigenvalue weighted by Gasteiger charge is 2.26. The Morgan fingerprint density at radius 1 is 1.63 bits per heavy atom. The van der Waals surface area contributed by atoms with Gasteiger partial charge in [0.2, 0.25) is 0 Å². The van der Waals surface area contributed by atoms with Gasteiger partial charge in [0.05, 0.1) is 3.79 Å². The van der Waals surface area contributed by atoms with Crippen LogP contribution in [0, 0.1) is 6.92 Å². The number of rotatable bonds is 7. The number of nitrogens with one attached hydrogen (secondary N) is 1. The van der Waals surface area contributed by atoms with Gasteiger partial charge in [0.15, 0.2) is 0 Å². The summed E-state index contributed by atoms with van der Waals surface area (Å²) >= 11 is 5.79. The number of halogens is 1. The molecule has 0 radical (unpaired) electrons. The van der Waals surface area contributed by atoms with E-state index >= 15 is 0 Å². The fourth-order valence-electron chi connectivity index (χ4n) is 1.28. The lowest BCUT2D eigenvalue weighted by molar-refractivity contribution is -0.139. The summed E-state index contributed by atoms with van der Waals surface area (Å²) in [5.41, 5.74) is 0.807. The van der Waals surface area contributed by atoms with Gasteiger partial charge in [-0.3, -0.25) is 4.79 Å². The maximum absolute atomic E-state index is 12.1. The first-order valence-electron chi connectivity index (χ1n) is 5.28. The Bertz CT molecular complexity index is 536. The zero-order valence-corrected chi connectivity index (χ0v) is 14.4. The van der Waals surface area contributed by atoms with Crippen LogP contribution in [0.4, 0.5) is 0 Å². The molecule has 0 spiro atoms. The maximum Gasteiger partial charge on any atom is 0.321 e. The number of aryl methyl sites for hydroxylation is 1. The lowest BCUT2D eigenvalue weighted by atomic mass is 10.2. The van der Waals surface area contributed by atoms with Crippen LogP contribution in [0.1, 0.15) is 12.0 Å². The average molecular weight is 388 g/mol. The molecule has 5 nitrogen and oxygen atoms in total. The van der Waals surface area contributed by atoms with Gasteiger partial charge >= 0.3 is 5.97 Å². The van der Waals surface area contributed by atoms with Crippen LogP contribution < -0.4 is 4.72 Å². The first-order chi connectivity index (χ1) is 8.77. The van der Waals surface area contributed by atoms with E-state index in [1.54, 1.807) is 6.92 Å². The Morgan fingerprint density at radius 2 is 2.26 bits per heavy atom. The Balaban J connectivity index is 2.90. The molecule has 0 saturated heterocycles. The van der Waals surface area contributed by atoms with Gasteiger partial charge in [-0.15, -0.1) is 11.3 Å². The number of carboxylic acid groups (broad SMARTS) is 1. The van der Waals surface area contributed by atoms with Crippen LogP contribution >= 0.6 is 39.0 Å². The summed E-state index contributed by atoms with van der Waals surface area (Å²) in [6.45, 7) is 1.78. The molecule has 0 unspecified atom stereocenters. The lowest BCUT2D eigenvalue weighted by Gasteiger charge is -2.13. The molecule has 9 heteroatoms. The molecule has 19 heavy (non-hydrogen) atoms. The Labute approximate surface area is 129 Å². The molecule has 1 heterocycles. The number of thiophene rings is 1. The van der Waals surface area contributed by atoms with E-state index < -0.39 is 22.0 Å². The molecule has 0 aliphatic carbocycles. The molecule has 0 amide bonds. The summed E-state index contributed by atoms with van der Waals surface area (Å²) in [5, 5.41) is 9.03. The highest BCUT2D eigenvalue weighted by molar-refractivity contribution is 9.11. The third-order valence-corrected chi connectivity index (χ3v) is 7.03. The van der Waals surface area contributed by atoms with Gasteiger partial charge in [0, 0.05) is 0 Å². The van der Waals surface area contributed by atoms with E-state index in [4.69, 9.17) is 5.11 Å². The molecule has 1 aromatic rings. The number of hydrogen-bond acceptors (Lipinski definition) is 5. The number of carboxylic acids is 1. The van der Waals surface area contributed by atoms with Gasteiger partial charge in [0.1, 0.15) is 10.3 Å². The predicted octanol–water partition coefficient (Wildman–Crippen LogP) is 2.30. The molecule has 108 valence electrons. The quantitative estimate of drug-likeness (QED) is 0.749. The van der Waals surface area contributed by atoms with Gasteiger partial charge in [-0.25, -0.2) is 8.42 Å². The number of thioether (sulfide) groups is 1. The van der Waals surface area contributed by atoms with E-state index in [1.165, 1.54) is 17.8 Å². The molecule has 1 atom stereocenters. The van der Waals surface area contributed by atoms with Crippen molar-refractivity contribution in [2.45, 2.75) is 23.6 Å². The smallest absolute Gasteiger partial charge is 0.321 e. The van der Waals surface area contributed by atoms with Crippen LogP contribution in [0.2, 0.25) is 0 Å². The van der Waals surface area contributed by atoms with E-state index in [9.17, 15) is 13.2 Å². The van der Waals surface area contributed by atoms with E-state index in [1.807, 2.05) is 6.26 Å². The van der Waals surface area contributed by atoms with Crippen molar-refractivity contribution >= 4 is 55.0 Å². The van der Waals surface area contributed by atoms with E-state index in [-0.39, 0.29) is 10.6 Å². The molecule has 1 aromatic heterocycles. The zero-order chi connectivity index (χ0) is 14.6. The summed E-state index contributed by atoms with van der Waals surface area (Å²) in [6.07, 6.45) is 2.09. The van der Waals surface area contributed by atoms with Crippen molar-refractivity contribution in [3.8, 4) is 0 Å². The Hall–Kier alpha value is -0.0900. The fourth-order valence-corrected chi connectivity index (χ4v) is 5.22. The van der Waals surface area contributed by atoms with Crippen LogP contribution in [0.15, 0.2) is 14.1 Å². The van der Waals surface area contributed by atoms with Gasteiger partial charge in [-0.05, 0) is 52.9 Å². The van der Waals surface area contributed by atoms with Crippen LogP contribution in [-0.2, 0) is 14.8 Å². The third kappa shape index (κ3) is 4.75. The van der Waals surface area contributed by atoms with E-state index in [0.29, 0.717) is 5.75 Å². The Kier molecular flexibility index (Phi) is 6.31. The highest BCUT2D eigenvalue weighted by atomic mass is 79.9. The number of carbonyl (C=O) groups is 1. The predicted molar refractivity (Wildman–Crippen MR) is 81.5 cm³/mol. The van der Waals surface area contributed by atoms with Crippen molar-refractivity contribution in [3.63, 3.8) is 0 Å². The topological polar surface area (TPSA) is 83.5 Å². The van der Waals surface area contributed by atoms with Gasteiger partial charge in [0.25, 0.3) is 10.0 Å². The number of sulfonamides is 1. The van der Waals surface area contributed by atoms with Gasteiger partial charge < -0.3 is 5.11 Å². The monoisotopic (exact) mass is 387 g/mol. The van der Waals surface area contributed by atoms with Crippen molar-refractivity contribution in [2.75, 3.05) is 12.0 Å². The minimum Gasteiger partial charge on any atom is -0.480 e. The molecule has 0 fully saturated rings. The second kappa shape index (κ2) is 7.07. The standard InChI is InChI=1S/C10H14BrNO4S3/c1-6-5-8(18-9(6)11)19(15,16)12-7(10(13)14)3-4-17-2/h5,7,12H,3-4H2,1-2H3,(H,13,14)/t7-/m0/s1. The lowest BCUT2D eigenvalue weighted by Crippen LogP contribution is -2.40.